The third-order valence-corrected chi connectivity index (χ3v) is 3.83. The largest absolute Gasteiger partial charge is 0.336 e. The molecular formula is C15H18N4O. The molecule has 5 nitrogen and oxygen atoms in total. The molecule has 1 aliphatic rings. The van der Waals surface area contributed by atoms with E-state index in [0.717, 1.165) is 0 Å². The first-order valence-corrected chi connectivity index (χ1v) is 6.73. The summed E-state index contributed by atoms with van der Waals surface area (Å²) in [4.78, 5) is 14.2. The molecule has 0 aliphatic carbocycles. The van der Waals surface area contributed by atoms with Gasteiger partial charge in [0.25, 0.3) is 5.91 Å². The Balaban J connectivity index is 1.77. The molecule has 1 saturated heterocycles. The standard InChI is InChI=1S/C15H18N4O/c1-18-8-12(7-17-18)15(20)19-9-13(14(16)10-19)11-5-3-2-4-6-11/h2-8,13-14H,9-10,16H2,1H3/t13-,14+/m0/s1. The van der Waals surface area contributed by atoms with Gasteiger partial charge in [-0.25, -0.2) is 0 Å². The number of aryl methyl sites for hydroxylation is 1. The molecule has 2 N–H and O–H groups in total. The average Bonchev–Trinajstić information content (AvgIpc) is 3.05. The number of amides is 1. The molecular weight excluding hydrogens is 252 g/mol. The Hall–Kier alpha value is -2.14. The molecule has 0 bridgehead atoms. The van der Waals surface area contributed by atoms with Gasteiger partial charge in [-0.3, -0.25) is 9.48 Å². The number of nitrogens with two attached hydrogens (primary N) is 1. The van der Waals surface area contributed by atoms with E-state index in [2.05, 4.69) is 17.2 Å². The van der Waals surface area contributed by atoms with Gasteiger partial charge in [-0.2, -0.15) is 5.10 Å². The highest BCUT2D eigenvalue weighted by Gasteiger charge is 2.34. The van der Waals surface area contributed by atoms with E-state index in [-0.39, 0.29) is 17.9 Å². The van der Waals surface area contributed by atoms with E-state index in [0.29, 0.717) is 18.7 Å². The van der Waals surface area contributed by atoms with E-state index < -0.39 is 0 Å². The van der Waals surface area contributed by atoms with Crippen molar-refractivity contribution in [2.24, 2.45) is 12.8 Å². The van der Waals surface area contributed by atoms with Crippen molar-refractivity contribution in [1.29, 1.82) is 0 Å². The summed E-state index contributed by atoms with van der Waals surface area (Å²) in [6.07, 6.45) is 3.34. The Kier molecular flexibility index (Phi) is 3.28. The van der Waals surface area contributed by atoms with Crippen LogP contribution < -0.4 is 5.73 Å². The number of nitrogens with zero attached hydrogens (tertiary/aromatic N) is 3. The number of likely N-dealkylation sites (tertiary alicyclic amines) is 1. The molecule has 2 heterocycles. The van der Waals surface area contributed by atoms with Crippen LogP contribution in [0.1, 0.15) is 21.8 Å². The van der Waals surface area contributed by atoms with Crippen LogP contribution in [-0.4, -0.2) is 39.7 Å². The number of carbonyl (C=O) groups excluding carboxylic acids is 1. The summed E-state index contributed by atoms with van der Waals surface area (Å²) in [5, 5.41) is 4.04. The van der Waals surface area contributed by atoms with Crippen LogP contribution in [0.2, 0.25) is 0 Å². The van der Waals surface area contributed by atoms with Crippen molar-refractivity contribution in [3.8, 4) is 0 Å². The molecule has 2 atom stereocenters. The molecule has 2 aromatic rings. The predicted molar refractivity (Wildman–Crippen MR) is 76.3 cm³/mol. The molecule has 0 spiro atoms. The summed E-state index contributed by atoms with van der Waals surface area (Å²) in [6, 6.07) is 10.1. The van der Waals surface area contributed by atoms with Crippen molar-refractivity contribution in [3.05, 3.63) is 53.9 Å². The van der Waals surface area contributed by atoms with Gasteiger partial charge in [0.2, 0.25) is 0 Å². The van der Waals surface area contributed by atoms with Crippen LogP contribution in [0, 0.1) is 0 Å². The minimum atomic E-state index is -0.0157. The molecule has 104 valence electrons. The lowest BCUT2D eigenvalue weighted by molar-refractivity contribution is 0.0789. The number of benzene rings is 1. The van der Waals surface area contributed by atoms with Gasteiger partial charge in [-0.05, 0) is 5.56 Å². The minimum Gasteiger partial charge on any atom is -0.336 e. The highest BCUT2D eigenvalue weighted by atomic mass is 16.2. The van der Waals surface area contributed by atoms with Crippen molar-refractivity contribution in [1.82, 2.24) is 14.7 Å². The quantitative estimate of drug-likeness (QED) is 0.885. The Morgan fingerprint density at radius 1 is 1.30 bits per heavy atom. The summed E-state index contributed by atoms with van der Waals surface area (Å²) < 4.78 is 1.64. The van der Waals surface area contributed by atoms with E-state index in [1.54, 1.807) is 24.1 Å². The monoisotopic (exact) mass is 270 g/mol. The first-order chi connectivity index (χ1) is 9.65. The van der Waals surface area contributed by atoms with Crippen LogP contribution in [0.25, 0.3) is 0 Å². The van der Waals surface area contributed by atoms with E-state index in [4.69, 9.17) is 5.73 Å². The van der Waals surface area contributed by atoms with Gasteiger partial charge >= 0.3 is 0 Å². The average molecular weight is 270 g/mol. The zero-order chi connectivity index (χ0) is 14.1. The predicted octanol–water partition coefficient (Wildman–Crippen LogP) is 0.987. The molecule has 5 heteroatoms. The lowest BCUT2D eigenvalue weighted by atomic mass is 9.95. The molecule has 1 aromatic heterocycles. The molecule has 3 rings (SSSR count). The number of rotatable bonds is 2. The summed E-state index contributed by atoms with van der Waals surface area (Å²) in [5.41, 5.74) is 8.02. The summed E-state index contributed by atoms with van der Waals surface area (Å²) >= 11 is 0. The van der Waals surface area contributed by atoms with Crippen molar-refractivity contribution < 1.29 is 4.79 Å². The molecule has 1 aliphatic heterocycles. The number of hydrogen-bond acceptors (Lipinski definition) is 3. The number of carbonyl (C=O) groups is 1. The topological polar surface area (TPSA) is 64.2 Å². The van der Waals surface area contributed by atoms with Gasteiger partial charge in [0, 0.05) is 38.3 Å². The van der Waals surface area contributed by atoms with Crippen LogP contribution >= 0.6 is 0 Å². The van der Waals surface area contributed by atoms with Crippen LogP contribution in [0.15, 0.2) is 42.7 Å². The summed E-state index contributed by atoms with van der Waals surface area (Å²) in [6.45, 7) is 1.26. The third-order valence-electron chi connectivity index (χ3n) is 3.83. The Morgan fingerprint density at radius 2 is 2.05 bits per heavy atom. The van der Waals surface area contributed by atoms with E-state index in [9.17, 15) is 4.79 Å². The SMILES string of the molecule is Cn1cc(C(=O)N2C[C@@H](N)[C@H](c3ccccc3)C2)cn1. The molecule has 1 aromatic carbocycles. The van der Waals surface area contributed by atoms with Crippen LogP contribution in [-0.2, 0) is 7.05 Å². The zero-order valence-electron chi connectivity index (χ0n) is 11.4. The Labute approximate surface area is 118 Å². The Morgan fingerprint density at radius 3 is 2.70 bits per heavy atom. The third kappa shape index (κ3) is 2.32. The van der Waals surface area contributed by atoms with Crippen LogP contribution in [0.3, 0.4) is 0 Å². The van der Waals surface area contributed by atoms with Crippen LogP contribution in [0.5, 0.6) is 0 Å². The smallest absolute Gasteiger partial charge is 0.257 e. The van der Waals surface area contributed by atoms with Crippen molar-refractivity contribution in [3.63, 3.8) is 0 Å². The fourth-order valence-electron chi connectivity index (χ4n) is 2.76. The van der Waals surface area contributed by atoms with Crippen molar-refractivity contribution >= 4 is 5.91 Å². The summed E-state index contributed by atoms with van der Waals surface area (Å²) in [5.74, 6) is 0.212. The van der Waals surface area contributed by atoms with Gasteiger partial charge < -0.3 is 10.6 Å². The second kappa shape index (κ2) is 5.09. The maximum atomic E-state index is 12.4. The highest BCUT2D eigenvalue weighted by Crippen LogP contribution is 2.27. The van der Waals surface area contributed by atoms with Gasteiger partial charge in [0.15, 0.2) is 0 Å². The molecule has 1 amide bonds. The molecule has 1 fully saturated rings. The maximum Gasteiger partial charge on any atom is 0.257 e. The first kappa shape index (κ1) is 12.9. The van der Waals surface area contributed by atoms with Gasteiger partial charge in [-0.15, -0.1) is 0 Å². The zero-order valence-corrected chi connectivity index (χ0v) is 11.4. The summed E-state index contributed by atoms with van der Waals surface area (Å²) in [7, 11) is 1.80. The number of hydrogen-bond donors (Lipinski definition) is 1. The van der Waals surface area contributed by atoms with E-state index in [1.807, 2.05) is 23.1 Å². The lowest BCUT2D eigenvalue weighted by Crippen LogP contribution is -2.32. The van der Waals surface area contributed by atoms with Crippen LogP contribution in [0.4, 0.5) is 0 Å². The van der Waals surface area contributed by atoms with Gasteiger partial charge in [-0.1, -0.05) is 30.3 Å². The Bertz CT molecular complexity index is 607. The van der Waals surface area contributed by atoms with Crippen molar-refractivity contribution in [2.75, 3.05) is 13.1 Å². The lowest BCUT2D eigenvalue weighted by Gasteiger charge is -2.15. The van der Waals surface area contributed by atoms with Gasteiger partial charge in [0.05, 0.1) is 11.8 Å². The molecule has 0 radical (unpaired) electrons. The molecule has 20 heavy (non-hydrogen) atoms. The number of aromatic nitrogens is 2. The molecule has 0 unspecified atom stereocenters. The first-order valence-electron chi connectivity index (χ1n) is 6.73. The minimum absolute atomic E-state index is 0.00646. The second-order valence-corrected chi connectivity index (χ2v) is 5.29. The van der Waals surface area contributed by atoms with Crippen molar-refractivity contribution in [2.45, 2.75) is 12.0 Å². The second-order valence-electron chi connectivity index (χ2n) is 5.29. The maximum absolute atomic E-state index is 12.4. The van der Waals surface area contributed by atoms with E-state index in [1.165, 1.54) is 5.56 Å². The highest BCUT2D eigenvalue weighted by molar-refractivity contribution is 5.94. The normalized spacial score (nSPS) is 22.2. The fourth-order valence-corrected chi connectivity index (χ4v) is 2.76. The van der Waals surface area contributed by atoms with E-state index >= 15 is 0 Å². The van der Waals surface area contributed by atoms with Gasteiger partial charge in [0.1, 0.15) is 0 Å². The molecule has 0 saturated carbocycles. The fraction of sp³-hybridized carbons (Fsp3) is 0.333.